The zero-order chi connectivity index (χ0) is 18.8. The van der Waals surface area contributed by atoms with Gasteiger partial charge in [0.1, 0.15) is 5.92 Å². The highest BCUT2D eigenvalue weighted by molar-refractivity contribution is 6.07. The van der Waals surface area contributed by atoms with E-state index in [1.54, 1.807) is 0 Å². The molecule has 2 heterocycles. The SMILES string of the molecule is O=C(Nc1ccc(C2CCCCC2)cc1)C1C(=O)NC2CNCCC2C1O. The van der Waals surface area contributed by atoms with Crippen molar-refractivity contribution in [2.45, 2.75) is 56.6 Å². The second kappa shape index (κ2) is 7.98. The van der Waals surface area contributed by atoms with Gasteiger partial charge in [0.05, 0.1) is 6.10 Å². The summed E-state index contributed by atoms with van der Waals surface area (Å²) in [5.41, 5.74) is 1.99. The number of benzene rings is 1. The van der Waals surface area contributed by atoms with Gasteiger partial charge in [-0.15, -0.1) is 0 Å². The third-order valence-corrected chi connectivity index (χ3v) is 6.46. The summed E-state index contributed by atoms with van der Waals surface area (Å²) in [7, 11) is 0. The van der Waals surface area contributed by atoms with Gasteiger partial charge in [0, 0.05) is 24.2 Å². The van der Waals surface area contributed by atoms with Crippen LogP contribution in [0.4, 0.5) is 5.69 Å². The van der Waals surface area contributed by atoms with E-state index in [0.717, 1.165) is 13.0 Å². The van der Waals surface area contributed by atoms with Gasteiger partial charge in [-0.2, -0.15) is 0 Å². The minimum Gasteiger partial charge on any atom is -0.391 e. The highest BCUT2D eigenvalue weighted by Crippen LogP contribution is 2.33. The van der Waals surface area contributed by atoms with Crippen LogP contribution in [-0.2, 0) is 9.59 Å². The van der Waals surface area contributed by atoms with Crippen LogP contribution in [0.25, 0.3) is 0 Å². The molecule has 2 amide bonds. The van der Waals surface area contributed by atoms with E-state index in [2.05, 4.69) is 28.1 Å². The van der Waals surface area contributed by atoms with E-state index in [4.69, 9.17) is 0 Å². The average molecular weight is 371 g/mol. The summed E-state index contributed by atoms with van der Waals surface area (Å²) in [5.74, 6) is -1.33. The van der Waals surface area contributed by atoms with E-state index in [1.165, 1.54) is 37.7 Å². The molecule has 2 saturated heterocycles. The molecular formula is C21H29N3O3. The Morgan fingerprint density at radius 1 is 1.07 bits per heavy atom. The molecule has 3 fully saturated rings. The molecule has 27 heavy (non-hydrogen) atoms. The summed E-state index contributed by atoms with van der Waals surface area (Å²) in [5, 5.41) is 19.6. The van der Waals surface area contributed by atoms with E-state index >= 15 is 0 Å². The Morgan fingerprint density at radius 3 is 2.56 bits per heavy atom. The van der Waals surface area contributed by atoms with E-state index in [1.807, 2.05) is 12.1 Å². The van der Waals surface area contributed by atoms with Gasteiger partial charge >= 0.3 is 0 Å². The number of amides is 2. The summed E-state index contributed by atoms with van der Waals surface area (Å²) in [4.78, 5) is 25.1. The highest BCUT2D eigenvalue weighted by Gasteiger charge is 2.47. The molecule has 0 bridgehead atoms. The van der Waals surface area contributed by atoms with Gasteiger partial charge in [-0.05, 0) is 49.4 Å². The largest absolute Gasteiger partial charge is 0.391 e. The Bertz CT molecular complexity index is 684. The molecule has 0 radical (unpaired) electrons. The first kappa shape index (κ1) is 18.4. The molecule has 6 heteroatoms. The second-order valence-electron chi connectivity index (χ2n) is 8.19. The van der Waals surface area contributed by atoms with Crippen molar-refractivity contribution in [3.8, 4) is 0 Å². The van der Waals surface area contributed by atoms with Crippen LogP contribution in [0.1, 0.15) is 50.0 Å². The number of hydrogen-bond donors (Lipinski definition) is 4. The van der Waals surface area contributed by atoms with Crippen LogP contribution < -0.4 is 16.0 Å². The average Bonchev–Trinajstić information content (AvgIpc) is 2.69. The molecule has 0 spiro atoms. The number of nitrogens with one attached hydrogen (secondary N) is 3. The number of carbonyl (C=O) groups is 2. The lowest BCUT2D eigenvalue weighted by molar-refractivity contribution is -0.145. The Kier molecular flexibility index (Phi) is 5.45. The molecular weight excluding hydrogens is 342 g/mol. The van der Waals surface area contributed by atoms with Gasteiger partial charge in [0.2, 0.25) is 11.8 Å². The smallest absolute Gasteiger partial charge is 0.239 e. The Labute approximate surface area is 160 Å². The molecule has 3 aliphatic rings. The van der Waals surface area contributed by atoms with Crippen molar-refractivity contribution >= 4 is 17.5 Å². The molecule has 1 aliphatic carbocycles. The van der Waals surface area contributed by atoms with E-state index in [-0.39, 0.29) is 17.9 Å². The quantitative estimate of drug-likeness (QED) is 0.610. The monoisotopic (exact) mass is 371 g/mol. The fourth-order valence-electron chi connectivity index (χ4n) is 4.89. The first-order chi connectivity index (χ1) is 13.1. The first-order valence-electron chi connectivity index (χ1n) is 10.2. The Hall–Kier alpha value is -1.92. The summed E-state index contributed by atoms with van der Waals surface area (Å²) in [6.07, 6.45) is 6.19. The molecule has 4 rings (SSSR count). The minimum atomic E-state index is -1.05. The number of fused-ring (bicyclic) bond motifs is 1. The summed E-state index contributed by atoms with van der Waals surface area (Å²) in [6.45, 7) is 1.44. The molecule has 1 saturated carbocycles. The van der Waals surface area contributed by atoms with Crippen molar-refractivity contribution in [2.75, 3.05) is 18.4 Å². The lowest BCUT2D eigenvalue weighted by Crippen LogP contribution is -2.64. The van der Waals surface area contributed by atoms with Gasteiger partial charge < -0.3 is 21.1 Å². The van der Waals surface area contributed by atoms with Crippen LogP contribution in [0, 0.1) is 11.8 Å². The van der Waals surface area contributed by atoms with Crippen molar-refractivity contribution < 1.29 is 14.7 Å². The van der Waals surface area contributed by atoms with Gasteiger partial charge in [0.15, 0.2) is 0 Å². The maximum Gasteiger partial charge on any atom is 0.239 e. The lowest BCUT2D eigenvalue weighted by atomic mass is 9.77. The van der Waals surface area contributed by atoms with Crippen molar-refractivity contribution in [1.29, 1.82) is 0 Å². The first-order valence-corrected chi connectivity index (χ1v) is 10.2. The zero-order valence-corrected chi connectivity index (χ0v) is 15.6. The van der Waals surface area contributed by atoms with E-state index < -0.39 is 17.9 Å². The molecule has 1 aromatic carbocycles. The number of aliphatic hydroxyl groups is 1. The normalized spacial score (nSPS) is 31.7. The van der Waals surface area contributed by atoms with Gasteiger partial charge in [-0.1, -0.05) is 31.4 Å². The van der Waals surface area contributed by atoms with Crippen LogP contribution in [0.15, 0.2) is 24.3 Å². The predicted molar refractivity (Wildman–Crippen MR) is 103 cm³/mol. The van der Waals surface area contributed by atoms with Crippen LogP contribution in [-0.4, -0.2) is 42.2 Å². The maximum absolute atomic E-state index is 12.7. The van der Waals surface area contributed by atoms with Crippen molar-refractivity contribution in [1.82, 2.24) is 10.6 Å². The molecule has 2 aliphatic heterocycles. The number of carbonyl (C=O) groups excluding carboxylic acids is 2. The third kappa shape index (κ3) is 3.87. The second-order valence-corrected chi connectivity index (χ2v) is 8.19. The summed E-state index contributed by atoms with van der Waals surface area (Å²) >= 11 is 0. The molecule has 4 N–H and O–H groups in total. The van der Waals surface area contributed by atoms with E-state index in [9.17, 15) is 14.7 Å². The molecule has 146 valence electrons. The van der Waals surface area contributed by atoms with Crippen LogP contribution in [0.5, 0.6) is 0 Å². The maximum atomic E-state index is 12.7. The molecule has 6 nitrogen and oxygen atoms in total. The number of anilines is 1. The van der Waals surface area contributed by atoms with Crippen LogP contribution in [0.3, 0.4) is 0 Å². The fourth-order valence-corrected chi connectivity index (χ4v) is 4.89. The minimum absolute atomic E-state index is 0.0756. The van der Waals surface area contributed by atoms with Crippen molar-refractivity contribution in [3.05, 3.63) is 29.8 Å². The molecule has 1 aromatic rings. The van der Waals surface area contributed by atoms with E-state index in [0.29, 0.717) is 18.2 Å². The number of aliphatic hydroxyl groups excluding tert-OH is 1. The predicted octanol–water partition coefficient (Wildman–Crippen LogP) is 1.76. The van der Waals surface area contributed by atoms with Crippen LogP contribution in [0.2, 0.25) is 0 Å². The lowest BCUT2D eigenvalue weighted by Gasteiger charge is -2.42. The van der Waals surface area contributed by atoms with Gasteiger partial charge in [0.25, 0.3) is 0 Å². The number of hydrogen-bond acceptors (Lipinski definition) is 4. The van der Waals surface area contributed by atoms with Crippen molar-refractivity contribution in [3.63, 3.8) is 0 Å². The van der Waals surface area contributed by atoms with Gasteiger partial charge in [-0.25, -0.2) is 0 Å². The van der Waals surface area contributed by atoms with Crippen molar-refractivity contribution in [2.24, 2.45) is 11.8 Å². The fraction of sp³-hybridized carbons (Fsp3) is 0.619. The summed E-state index contributed by atoms with van der Waals surface area (Å²) < 4.78 is 0. The molecule has 4 unspecified atom stereocenters. The standard InChI is InChI=1S/C21H29N3O3/c25-19-16-10-11-22-12-17(16)24-21(27)18(19)20(26)23-15-8-6-14(7-9-15)13-4-2-1-3-5-13/h6-9,13,16-19,22,25H,1-5,10-12H2,(H,23,26)(H,24,27). The van der Waals surface area contributed by atoms with Crippen LogP contribution >= 0.6 is 0 Å². The third-order valence-electron chi connectivity index (χ3n) is 6.46. The Morgan fingerprint density at radius 2 is 1.81 bits per heavy atom. The molecule has 0 aromatic heterocycles. The highest BCUT2D eigenvalue weighted by atomic mass is 16.3. The van der Waals surface area contributed by atoms with Gasteiger partial charge in [-0.3, -0.25) is 9.59 Å². The summed E-state index contributed by atoms with van der Waals surface area (Å²) in [6, 6.07) is 7.86. The molecule has 4 atom stereocenters. The number of rotatable bonds is 3. The zero-order valence-electron chi connectivity index (χ0n) is 15.6. The number of piperidine rings is 2. The Balaban J connectivity index is 1.41. The topological polar surface area (TPSA) is 90.5 Å².